The van der Waals surface area contributed by atoms with Crippen LogP contribution < -0.4 is 4.74 Å². The number of furan rings is 1. The molecule has 0 spiro atoms. The Morgan fingerprint density at radius 1 is 1.05 bits per heavy atom. The van der Waals surface area contributed by atoms with Crippen molar-refractivity contribution in [1.29, 1.82) is 0 Å². The normalized spacial score (nSPS) is 11.2. The van der Waals surface area contributed by atoms with Gasteiger partial charge in [-0.15, -0.1) is 0 Å². The van der Waals surface area contributed by atoms with Gasteiger partial charge in [-0.25, -0.2) is 0 Å². The van der Waals surface area contributed by atoms with Crippen LogP contribution in [0.1, 0.15) is 21.9 Å². The SMILES string of the molecule is COc1ccc2cc(C(=O)/C=C/c3ccc(C)o3)ccc2c1. The largest absolute Gasteiger partial charge is 0.497 e. The second-order valence-electron chi connectivity index (χ2n) is 5.07. The minimum Gasteiger partial charge on any atom is -0.497 e. The molecule has 3 rings (SSSR count). The number of allylic oxidation sites excluding steroid dienone is 1. The number of ketones is 1. The fourth-order valence-electron chi connectivity index (χ4n) is 2.30. The van der Waals surface area contributed by atoms with Crippen LogP contribution in [0.4, 0.5) is 0 Å². The molecule has 0 fully saturated rings. The molecule has 0 saturated heterocycles. The lowest BCUT2D eigenvalue weighted by Crippen LogP contribution is -1.94. The fourth-order valence-corrected chi connectivity index (χ4v) is 2.30. The predicted octanol–water partition coefficient (Wildman–Crippen LogP) is 4.65. The van der Waals surface area contributed by atoms with Gasteiger partial charge in [0.1, 0.15) is 17.3 Å². The van der Waals surface area contributed by atoms with Gasteiger partial charge in [0.15, 0.2) is 5.78 Å². The first-order chi connectivity index (χ1) is 10.7. The molecule has 0 atom stereocenters. The third-order valence-electron chi connectivity index (χ3n) is 3.49. The van der Waals surface area contributed by atoms with E-state index in [0.29, 0.717) is 11.3 Å². The Bertz CT molecular complexity index is 856. The van der Waals surface area contributed by atoms with Crippen LogP contribution in [-0.4, -0.2) is 12.9 Å². The summed E-state index contributed by atoms with van der Waals surface area (Å²) in [7, 11) is 1.64. The van der Waals surface area contributed by atoms with Gasteiger partial charge in [-0.05, 0) is 60.2 Å². The number of fused-ring (bicyclic) bond motifs is 1. The second-order valence-corrected chi connectivity index (χ2v) is 5.07. The van der Waals surface area contributed by atoms with E-state index in [1.165, 1.54) is 6.08 Å². The van der Waals surface area contributed by atoms with E-state index < -0.39 is 0 Å². The molecule has 3 nitrogen and oxygen atoms in total. The molecule has 3 aromatic rings. The number of carbonyl (C=O) groups is 1. The maximum atomic E-state index is 12.2. The van der Waals surface area contributed by atoms with Crippen LogP contribution in [0.15, 0.2) is 59.0 Å². The van der Waals surface area contributed by atoms with Crippen LogP contribution >= 0.6 is 0 Å². The van der Waals surface area contributed by atoms with Gasteiger partial charge in [0.05, 0.1) is 7.11 Å². The molecule has 0 aliphatic rings. The Balaban J connectivity index is 1.86. The number of carbonyl (C=O) groups excluding carboxylic acids is 1. The van der Waals surface area contributed by atoms with Crippen LogP contribution in [-0.2, 0) is 0 Å². The van der Waals surface area contributed by atoms with Crippen molar-refractivity contribution < 1.29 is 13.9 Å². The van der Waals surface area contributed by atoms with Crippen LogP contribution in [0, 0.1) is 6.92 Å². The molecule has 0 saturated carbocycles. The lowest BCUT2D eigenvalue weighted by atomic mass is 10.0. The minimum atomic E-state index is -0.0493. The van der Waals surface area contributed by atoms with Crippen molar-refractivity contribution in [1.82, 2.24) is 0 Å². The minimum absolute atomic E-state index is 0.0493. The Morgan fingerprint density at radius 3 is 2.55 bits per heavy atom. The number of ether oxygens (including phenoxy) is 1. The van der Waals surface area contributed by atoms with Crippen molar-refractivity contribution in [3.63, 3.8) is 0 Å². The summed E-state index contributed by atoms with van der Waals surface area (Å²) in [6.45, 7) is 1.87. The highest BCUT2D eigenvalue weighted by Gasteiger charge is 2.04. The topological polar surface area (TPSA) is 39.4 Å². The number of hydrogen-bond donors (Lipinski definition) is 0. The average molecular weight is 292 g/mol. The monoisotopic (exact) mass is 292 g/mol. The zero-order valence-electron chi connectivity index (χ0n) is 12.5. The molecule has 1 heterocycles. The van der Waals surface area contributed by atoms with E-state index in [2.05, 4.69) is 0 Å². The molecule has 0 aliphatic carbocycles. The first-order valence-corrected chi connectivity index (χ1v) is 7.02. The molecule has 3 heteroatoms. The van der Waals surface area contributed by atoms with Crippen LogP contribution in [0.5, 0.6) is 5.75 Å². The maximum Gasteiger partial charge on any atom is 0.185 e. The summed E-state index contributed by atoms with van der Waals surface area (Å²) in [5.41, 5.74) is 0.650. The van der Waals surface area contributed by atoms with Gasteiger partial charge in [-0.1, -0.05) is 18.2 Å². The third kappa shape index (κ3) is 2.93. The van der Waals surface area contributed by atoms with Crippen LogP contribution in [0.25, 0.3) is 16.8 Å². The van der Waals surface area contributed by atoms with Gasteiger partial charge in [0.25, 0.3) is 0 Å². The number of methoxy groups -OCH3 is 1. The summed E-state index contributed by atoms with van der Waals surface area (Å²) in [5.74, 6) is 2.26. The molecular formula is C19H16O3. The lowest BCUT2D eigenvalue weighted by molar-refractivity contribution is 0.104. The van der Waals surface area contributed by atoms with E-state index in [9.17, 15) is 4.79 Å². The van der Waals surface area contributed by atoms with Crippen molar-refractivity contribution in [2.45, 2.75) is 6.92 Å². The first kappa shape index (κ1) is 14.1. The van der Waals surface area contributed by atoms with E-state index in [0.717, 1.165) is 22.3 Å². The highest BCUT2D eigenvalue weighted by atomic mass is 16.5. The third-order valence-corrected chi connectivity index (χ3v) is 3.49. The number of rotatable bonds is 4. The van der Waals surface area contributed by atoms with Crippen LogP contribution in [0.2, 0.25) is 0 Å². The molecule has 0 unspecified atom stereocenters. The quantitative estimate of drug-likeness (QED) is 0.519. The Morgan fingerprint density at radius 2 is 1.82 bits per heavy atom. The van der Waals surface area contributed by atoms with Gasteiger partial charge in [0, 0.05) is 5.56 Å². The van der Waals surface area contributed by atoms with Crippen molar-refractivity contribution in [2.75, 3.05) is 7.11 Å². The fraction of sp³-hybridized carbons (Fsp3) is 0.105. The van der Waals surface area contributed by atoms with Crippen molar-refractivity contribution in [3.8, 4) is 5.75 Å². The van der Waals surface area contributed by atoms with E-state index in [4.69, 9.17) is 9.15 Å². The van der Waals surface area contributed by atoms with Crippen molar-refractivity contribution in [3.05, 3.63) is 71.7 Å². The van der Waals surface area contributed by atoms with E-state index in [1.54, 1.807) is 13.2 Å². The summed E-state index contributed by atoms with van der Waals surface area (Å²) in [4.78, 5) is 12.2. The summed E-state index contributed by atoms with van der Waals surface area (Å²) >= 11 is 0. The Hall–Kier alpha value is -2.81. The molecule has 0 bridgehead atoms. The lowest BCUT2D eigenvalue weighted by Gasteiger charge is -2.04. The molecule has 0 amide bonds. The molecule has 0 N–H and O–H groups in total. The van der Waals surface area contributed by atoms with Crippen molar-refractivity contribution >= 4 is 22.6 Å². The van der Waals surface area contributed by atoms with Gasteiger partial charge in [0.2, 0.25) is 0 Å². The molecule has 0 aliphatic heterocycles. The van der Waals surface area contributed by atoms with E-state index in [1.807, 2.05) is 55.5 Å². The van der Waals surface area contributed by atoms with Crippen molar-refractivity contribution in [2.24, 2.45) is 0 Å². The summed E-state index contributed by atoms with van der Waals surface area (Å²) in [5, 5.41) is 2.05. The molecule has 2 aromatic carbocycles. The van der Waals surface area contributed by atoms with Gasteiger partial charge in [-0.3, -0.25) is 4.79 Å². The first-order valence-electron chi connectivity index (χ1n) is 7.02. The number of aryl methyl sites for hydroxylation is 1. The predicted molar refractivity (Wildman–Crippen MR) is 87.3 cm³/mol. The number of benzene rings is 2. The zero-order chi connectivity index (χ0) is 15.5. The number of hydrogen-bond acceptors (Lipinski definition) is 3. The second kappa shape index (κ2) is 5.90. The summed E-state index contributed by atoms with van der Waals surface area (Å²) in [6, 6.07) is 15.1. The summed E-state index contributed by atoms with van der Waals surface area (Å²) < 4.78 is 10.6. The van der Waals surface area contributed by atoms with Gasteiger partial charge < -0.3 is 9.15 Å². The smallest absolute Gasteiger partial charge is 0.185 e. The molecule has 22 heavy (non-hydrogen) atoms. The van der Waals surface area contributed by atoms with Gasteiger partial charge in [-0.2, -0.15) is 0 Å². The summed E-state index contributed by atoms with van der Waals surface area (Å²) in [6.07, 6.45) is 3.22. The molecule has 110 valence electrons. The highest BCUT2D eigenvalue weighted by Crippen LogP contribution is 2.22. The maximum absolute atomic E-state index is 12.2. The Labute approximate surface area is 128 Å². The molecule has 1 aromatic heterocycles. The van der Waals surface area contributed by atoms with E-state index >= 15 is 0 Å². The average Bonchev–Trinajstić information content (AvgIpc) is 2.97. The molecular weight excluding hydrogens is 276 g/mol. The highest BCUT2D eigenvalue weighted by molar-refractivity contribution is 6.08. The zero-order valence-corrected chi connectivity index (χ0v) is 12.5. The Kier molecular flexibility index (Phi) is 3.79. The molecule has 0 radical (unpaired) electrons. The standard InChI is InChI=1S/C19H16O3/c1-13-3-7-17(22-13)9-10-19(20)16-5-4-15-12-18(21-2)8-6-14(15)11-16/h3-12H,1-2H3/b10-9+. The van der Waals surface area contributed by atoms with E-state index in [-0.39, 0.29) is 5.78 Å². The van der Waals surface area contributed by atoms with Gasteiger partial charge >= 0.3 is 0 Å². The van der Waals surface area contributed by atoms with Crippen LogP contribution in [0.3, 0.4) is 0 Å².